The number of aromatic nitrogens is 1. The third kappa shape index (κ3) is 3.60. The number of nitrogens with zero attached hydrogens (tertiary/aromatic N) is 2. The molecule has 1 aromatic carbocycles. The number of rotatable bonds is 7. The summed E-state index contributed by atoms with van der Waals surface area (Å²) in [4.78, 5) is 7.17. The number of unbranched alkanes of at least 4 members (excludes halogenated alkanes) is 2. The Balaban J connectivity index is 2.21. The van der Waals surface area contributed by atoms with E-state index in [0.29, 0.717) is 0 Å². The quantitative estimate of drug-likeness (QED) is 0.768. The van der Waals surface area contributed by atoms with Gasteiger partial charge in [0.15, 0.2) is 5.13 Å². The van der Waals surface area contributed by atoms with Crippen LogP contribution in [0.3, 0.4) is 0 Å². The second-order valence-electron chi connectivity index (χ2n) is 4.92. The Kier molecular flexibility index (Phi) is 5.02. The molecule has 3 nitrogen and oxygen atoms in total. The van der Waals surface area contributed by atoms with Crippen molar-refractivity contribution in [1.82, 2.24) is 4.98 Å². The fourth-order valence-electron chi connectivity index (χ4n) is 2.07. The van der Waals surface area contributed by atoms with Crippen molar-refractivity contribution in [2.24, 2.45) is 0 Å². The highest BCUT2D eigenvalue weighted by Crippen LogP contribution is 2.30. The number of benzene rings is 1. The summed E-state index contributed by atoms with van der Waals surface area (Å²) in [6.07, 6.45) is 4.89. The van der Waals surface area contributed by atoms with Crippen molar-refractivity contribution in [3.8, 4) is 0 Å². The van der Waals surface area contributed by atoms with Crippen molar-refractivity contribution < 1.29 is 0 Å². The fraction of sp³-hybridized carbons (Fsp3) is 0.533. The number of nitrogen functional groups attached to an aromatic ring is 1. The SMILES string of the molecule is CCCCN(CCCC)c1nc2ccc(N)cc2s1. The van der Waals surface area contributed by atoms with Gasteiger partial charge in [-0.05, 0) is 31.0 Å². The van der Waals surface area contributed by atoms with Gasteiger partial charge in [-0.25, -0.2) is 4.98 Å². The highest BCUT2D eigenvalue weighted by Gasteiger charge is 2.11. The average Bonchev–Trinajstić information content (AvgIpc) is 2.81. The van der Waals surface area contributed by atoms with Crippen LogP contribution in [-0.4, -0.2) is 18.1 Å². The number of hydrogen-bond donors (Lipinski definition) is 1. The second kappa shape index (κ2) is 6.75. The van der Waals surface area contributed by atoms with Crippen LogP contribution < -0.4 is 10.6 Å². The van der Waals surface area contributed by atoms with Crippen LogP contribution in [0, 0.1) is 0 Å². The van der Waals surface area contributed by atoms with E-state index >= 15 is 0 Å². The molecule has 1 aromatic heterocycles. The minimum atomic E-state index is 0.816. The Morgan fingerprint density at radius 1 is 1.16 bits per heavy atom. The van der Waals surface area contributed by atoms with Gasteiger partial charge in [0.1, 0.15) is 0 Å². The first-order valence-electron chi connectivity index (χ1n) is 7.15. The van der Waals surface area contributed by atoms with Gasteiger partial charge in [0, 0.05) is 18.8 Å². The standard InChI is InChI=1S/C15H23N3S/c1-3-5-9-18(10-6-4-2)15-17-13-8-7-12(16)11-14(13)19-15/h7-8,11H,3-6,9-10,16H2,1-2H3. The zero-order valence-electron chi connectivity index (χ0n) is 11.9. The van der Waals surface area contributed by atoms with Gasteiger partial charge in [0.2, 0.25) is 0 Å². The summed E-state index contributed by atoms with van der Waals surface area (Å²) in [5.74, 6) is 0. The first kappa shape index (κ1) is 14.1. The Bertz CT molecular complexity index is 513. The fourth-order valence-corrected chi connectivity index (χ4v) is 3.13. The Morgan fingerprint density at radius 3 is 2.47 bits per heavy atom. The van der Waals surface area contributed by atoms with Crippen LogP contribution in [0.4, 0.5) is 10.8 Å². The maximum Gasteiger partial charge on any atom is 0.186 e. The van der Waals surface area contributed by atoms with Crippen LogP contribution in [0.25, 0.3) is 10.2 Å². The molecule has 2 N–H and O–H groups in total. The van der Waals surface area contributed by atoms with Crippen LogP contribution in [0.15, 0.2) is 18.2 Å². The maximum atomic E-state index is 5.83. The van der Waals surface area contributed by atoms with E-state index in [1.165, 1.54) is 30.4 Å². The molecule has 0 unspecified atom stereocenters. The summed E-state index contributed by atoms with van der Waals surface area (Å²) in [5.41, 5.74) is 7.71. The molecule has 0 atom stereocenters. The van der Waals surface area contributed by atoms with E-state index in [4.69, 9.17) is 10.7 Å². The molecule has 19 heavy (non-hydrogen) atoms. The molecule has 0 aliphatic rings. The number of nitrogens with two attached hydrogens (primary N) is 1. The number of fused-ring (bicyclic) bond motifs is 1. The monoisotopic (exact) mass is 277 g/mol. The lowest BCUT2D eigenvalue weighted by atomic mass is 10.3. The highest BCUT2D eigenvalue weighted by atomic mass is 32.1. The van der Waals surface area contributed by atoms with Crippen molar-refractivity contribution in [3.63, 3.8) is 0 Å². The molecule has 0 aliphatic heterocycles. The van der Waals surface area contributed by atoms with Gasteiger partial charge >= 0.3 is 0 Å². The van der Waals surface area contributed by atoms with Crippen LogP contribution in [0.1, 0.15) is 39.5 Å². The van der Waals surface area contributed by atoms with Crippen molar-refractivity contribution >= 4 is 32.4 Å². The lowest BCUT2D eigenvalue weighted by Gasteiger charge is -2.21. The van der Waals surface area contributed by atoms with Crippen LogP contribution in [0.5, 0.6) is 0 Å². The Morgan fingerprint density at radius 2 is 1.84 bits per heavy atom. The van der Waals surface area contributed by atoms with E-state index in [1.807, 2.05) is 18.2 Å². The molecule has 2 rings (SSSR count). The molecular weight excluding hydrogens is 254 g/mol. The minimum Gasteiger partial charge on any atom is -0.399 e. The molecule has 0 amide bonds. The van der Waals surface area contributed by atoms with Crippen molar-refractivity contribution in [2.75, 3.05) is 23.7 Å². The van der Waals surface area contributed by atoms with Gasteiger partial charge in [-0.15, -0.1) is 0 Å². The van der Waals surface area contributed by atoms with E-state index in [1.54, 1.807) is 11.3 Å². The van der Waals surface area contributed by atoms with Crippen LogP contribution in [0.2, 0.25) is 0 Å². The number of thiazole rings is 1. The topological polar surface area (TPSA) is 42.2 Å². The molecule has 1 heterocycles. The Labute approximate surface area is 119 Å². The summed E-state index contributed by atoms with van der Waals surface area (Å²) in [6, 6.07) is 5.96. The first-order chi connectivity index (χ1) is 9.24. The molecule has 0 radical (unpaired) electrons. The summed E-state index contributed by atoms with van der Waals surface area (Å²) in [7, 11) is 0. The molecule has 0 spiro atoms. The summed E-state index contributed by atoms with van der Waals surface area (Å²) >= 11 is 1.76. The third-order valence-corrected chi connectivity index (χ3v) is 4.31. The summed E-state index contributed by atoms with van der Waals surface area (Å²) in [5, 5.41) is 1.14. The van der Waals surface area contributed by atoms with E-state index in [-0.39, 0.29) is 0 Å². The molecule has 104 valence electrons. The predicted octanol–water partition coefficient (Wildman–Crippen LogP) is 4.29. The molecular formula is C15H23N3S. The lowest BCUT2D eigenvalue weighted by molar-refractivity contribution is 0.677. The van der Waals surface area contributed by atoms with Crippen LogP contribution in [-0.2, 0) is 0 Å². The largest absolute Gasteiger partial charge is 0.399 e. The number of hydrogen-bond acceptors (Lipinski definition) is 4. The molecule has 0 saturated carbocycles. The third-order valence-electron chi connectivity index (χ3n) is 3.23. The van der Waals surface area contributed by atoms with Gasteiger partial charge in [-0.2, -0.15) is 0 Å². The molecule has 0 saturated heterocycles. The summed E-state index contributed by atoms with van der Waals surface area (Å²) in [6.45, 7) is 6.67. The lowest BCUT2D eigenvalue weighted by Crippen LogP contribution is -2.25. The van der Waals surface area contributed by atoms with Crippen LogP contribution >= 0.6 is 11.3 Å². The van der Waals surface area contributed by atoms with Crippen molar-refractivity contribution in [3.05, 3.63) is 18.2 Å². The maximum absolute atomic E-state index is 5.83. The number of anilines is 2. The zero-order chi connectivity index (χ0) is 13.7. The molecule has 4 heteroatoms. The van der Waals surface area contributed by atoms with E-state index in [0.717, 1.165) is 29.4 Å². The molecule has 0 fully saturated rings. The van der Waals surface area contributed by atoms with Crippen molar-refractivity contribution in [2.45, 2.75) is 39.5 Å². The van der Waals surface area contributed by atoms with E-state index in [2.05, 4.69) is 18.7 Å². The highest BCUT2D eigenvalue weighted by molar-refractivity contribution is 7.22. The van der Waals surface area contributed by atoms with Gasteiger partial charge in [-0.3, -0.25) is 0 Å². The zero-order valence-corrected chi connectivity index (χ0v) is 12.7. The Hall–Kier alpha value is -1.29. The first-order valence-corrected chi connectivity index (χ1v) is 7.97. The predicted molar refractivity (Wildman–Crippen MR) is 86.1 cm³/mol. The normalized spacial score (nSPS) is 11.1. The van der Waals surface area contributed by atoms with E-state index in [9.17, 15) is 0 Å². The molecule has 0 bridgehead atoms. The van der Waals surface area contributed by atoms with Gasteiger partial charge < -0.3 is 10.6 Å². The van der Waals surface area contributed by atoms with E-state index < -0.39 is 0 Å². The second-order valence-corrected chi connectivity index (χ2v) is 5.93. The van der Waals surface area contributed by atoms with Gasteiger partial charge in [0.25, 0.3) is 0 Å². The smallest absolute Gasteiger partial charge is 0.186 e. The van der Waals surface area contributed by atoms with Crippen molar-refractivity contribution in [1.29, 1.82) is 0 Å². The van der Waals surface area contributed by atoms with Gasteiger partial charge in [-0.1, -0.05) is 38.0 Å². The minimum absolute atomic E-state index is 0.816. The summed E-state index contributed by atoms with van der Waals surface area (Å²) < 4.78 is 1.19. The molecule has 0 aliphatic carbocycles. The molecule has 2 aromatic rings. The average molecular weight is 277 g/mol. The van der Waals surface area contributed by atoms with Gasteiger partial charge in [0.05, 0.1) is 10.2 Å².